The number of carbonyl (C=O) groups excluding carboxylic acids is 2. The van der Waals surface area contributed by atoms with Crippen LogP contribution in [-0.2, 0) is 20.2 Å². The van der Waals surface area contributed by atoms with Crippen LogP contribution in [0.1, 0.15) is 40.7 Å². The molecular weight excluding hydrogens is 476 g/mol. The van der Waals surface area contributed by atoms with E-state index in [-0.39, 0.29) is 10.8 Å². The molecule has 2 N–H and O–H groups in total. The van der Waals surface area contributed by atoms with Crippen LogP contribution in [0, 0.1) is 6.92 Å². The summed E-state index contributed by atoms with van der Waals surface area (Å²) in [5, 5.41) is 6.72. The van der Waals surface area contributed by atoms with Crippen molar-refractivity contribution in [2.24, 2.45) is 0 Å². The fourth-order valence-electron chi connectivity index (χ4n) is 4.54. The Balaban J connectivity index is 1.27. The highest BCUT2D eigenvalue weighted by atomic mass is 32.2. The number of para-hydroxylation sites is 1. The molecule has 36 heavy (non-hydrogen) atoms. The van der Waals surface area contributed by atoms with Crippen molar-refractivity contribution in [3.05, 3.63) is 95.7 Å². The lowest BCUT2D eigenvalue weighted by Gasteiger charge is -2.43. The molecule has 8 heteroatoms. The van der Waals surface area contributed by atoms with Crippen LogP contribution in [0.4, 0.5) is 5.69 Å². The van der Waals surface area contributed by atoms with Gasteiger partial charge in [-0.1, -0.05) is 42.0 Å². The second kappa shape index (κ2) is 9.28. The van der Waals surface area contributed by atoms with E-state index in [4.69, 9.17) is 4.42 Å². The number of anilines is 1. The number of hydrogen-bond donors (Lipinski definition) is 2. The SMILES string of the molecule is Cc1ccc(S(=O)(=O)CC(=O)Nc2ccc(C3(NC(=O)c4cccc5ccoc45)CCC3)cc2)cc1. The third kappa shape index (κ3) is 4.64. The van der Waals surface area contributed by atoms with E-state index in [1.165, 1.54) is 12.1 Å². The van der Waals surface area contributed by atoms with Gasteiger partial charge >= 0.3 is 0 Å². The molecule has 1 heterocycles. The van der Waals surface area contributed by atoms with Gasteiger partial charge in [0, 0.05) is 11.1 Å². The van der Waals surface area contributed by atoms with E-state index in [1.807, 2.05) is 37.3 Å². The van der Waals surface area contributed by atoms with Crippen LogP contribution in [0.25, 0.3) is 11.0 Å². The van der Waals surface area contributed by atoms with E-state index < -0.39 is 27.0 Å². The number of sulfone groups is 1. The van der Waals surface area contributed by atoms with E-state index >= 15 is 0 Å². The highest BCUT2D eigenvalue weighted by Gasteiger charge is 2.40. The summed E-state index contributed by atoms with van der Waals surface area (Å²) in [5.74, 6) is -1.45. The van der Waals surface area contributed by atoms with Gasteiger partial charge in [0.05, 0.1) is 22.3 Å². The first-order valence-corrected chi connectivity index (χ1v) is 13.4. The number of aryl methyl sites for hydroxylation is 1. The Bertz CT molecular complexity index is 1530. The van der Waals surface area contributed by atoms with Gasteiger partial charge in [-0.15, -0.1) is 0 Å². The molecule has 184 valence electrons. The molecule has 0 atom stereocenters. The normalized spacial score (nSPS) is 14.7. The number of amides is 2. The Morgan fingerprint density at radius 2 is 1.67 bits per heavy atom. The summed E-state index contributed by atoms with van der Waals surface area (Å²) in [6, 6.07) is 20.9. The van der Waals surface area contributed by atoms with Crippen molar-refractivity contribution in [3.8, 4) is 0 Å². The molecule has 1 fully saturated rings. The number of rotatable bonds is 7. The maximum atomic E-state index is 13.1. The Morgan fingerprint density at radius 3 is 2.33 bits per heavy atom. The summed E-state index contributed by atoms with van der Waals surface area (Å²) < 4.78 is 30.6. The second-order valence-corrected chi connectivity index (χ2v) is 11.2. The monoisotopic (exact) mass is 502 g/mol. The van der Waals surface area contributed by atoms with Crippen molar-refractivity contribution in [2.75, 3.05) is 11.1 Å². The average Bonchev–Trinajstić information content (AvgIpc) is 3.31. The first kappa shape index (κ1) is 23.8. The van der Waals surface area contributed by atoms with Crippen LogP contribution >= 0.6 is 0 Å². The lowest BCUT2D eigenvalue weighted by atomic mass is 9.71. The smallest absolute Gasteiger partial charge is 0.255 e. The highest BCUT2D eigenvalue weighted by molar-refractivity contribution is 7.92. The standard InChI is InChI=1S/C28H26N2O5S/c1-19-6-12-23(13-7-19)36(33,34)18-25(31)29-22-10-8-21(9-11-22)28(15-3-16-28)30-27(32)24-5-2-4-20-14-17-35-26(20)24/h2,4-14,17H,3,15-16,18H2,1H3,(H,29,31)(H,30,32). The van der Waals surface area contributed by atoms with Gasteiger partial charge in [0.2, 0.25) is 5.91 Å². The Kier molecular flexibility index (Phi) is 6.14. The van der Waals surface area contributed by atoms with Crippen LogP contribution in [0.5, 0.6) is 0 Å². The minimum atomic E-state index is -3.74. The Morgan fingerprint density at radius 1 is 0.944 bits per heavy atom. The molecule has 0 saturated heterocycles. The second-order valence-electron chi connectivity index (χ2n) is 9.23. The Labute approximate surface area is 209 Å². The number of hydrogen-bond acceptors (Lipinski definition) is 5. The van der Waals surface area contributed by atoms with E-state index in [2.05, 4.69) is 10.6 Å². The molecule has 4 aromatic rings. The van der Waals surface area contributed by atoms with Crippen LogP contribution in [0.15, 0.2) is 88.4 Å². The first-order valence-electron chi connectivity index (χ1n) is 11.7. The quantitative estimate of drug-likeness (QED) is 0.372. The Hall–Kier alpha value is -3.91. The molecule has 3 aromatic carbocycles. The average molecular weight is 503 g/mol. The minimum absolute atomic E-state index is 0.117. The molecule has 0 spiro atoms. The largest absolute Gasteiger partial charge is 0.464 e. The van der Waals surface area contributed by atoms with Gasteiger partial charge in [-0.2, -0.15) is 0 Å². The lowest BCUT2D eigenvalue weighted by molar-refractivity contribution is -0.113. The van der Waals surface area contributed by atoms with Gasteiger partial charge in [0.25, 0.3) is 5.91 Å². The highest BCUT2D eigenvalue weighted by Crippen LogP contribution is 2.42. The number of carbonyl (C=O) groups is 2. The maximum absolute atomic E-state index is 13.1. The molecule has 1 aromatic heterocycles. The van der Waals surface area contributed by atoms with Crippen molar-refractivity contribution in [3.63, 3.8) is 0 Å². The third-order valence-corrected chi connectivity index (χ3v) is 8.34. The van der Waals surface area contributed by atoms with Crippen LogP contribution < -0.4 is 10.6 Å². The predicted octanol–water partition coefficient (Wildman–Crippen LogP) is 4.96. The summed E-state index contributed by atoms with van der Waals surface area (Å²) in [7, 11) is -3.74. The molecule has 1 saturated carbocycles. The molecule has 0 bridgehead atoms. The van der Waals surface area contributed by atoms with Crippen molar-refractivity contribution >= 4 is 38.3 Å². The zero-order valence-electron chi connectivity index (χ0n) is 19.8. The molecule has 1 aliphatic rings. The summed E-state index contributed by atoms with van der Waals surface area (Å²) in [6.07, 6.45) is 4.15. The van der Waals surface area contributed by atoms with Crippen LogP contribution in [0.3, 0.4) is 0 Å². The zero-order valence-corrected chi connectivity index (χ0v) is 20.6. The van der Waals surface area contributed by atoms with Gasteiger partial charge in [-0.05, 0) is 68.1 Å². The van der Waals surface area contributed by atoms with E-state index in [0.717, 1.165) is 35.8 Å². The fourth-order valence-corrected chi connectivity index (χ4v) is 5.68. The first-order chi connectivity index (χ1) is 17.3. The summed E-state index contributed by atoms with van der Waals surface area (Å²) in [5.41, 5.74) is 2.91. The molecule has 2 amide bonds. The third-order valence-electron chi connectivity index (χ3n) is 6.71. The molecular formula is C28H26N2O5S. The predicted molar refractivity (Wildman–Crippen MR) is 138 cm³/mol. The molecule has 0 aliphatic heterocycles. The molecule has 1 aliphatic carbocycles. The number of nitrogens with one attached hydrogen (secondary N) is 2. The minimum Gasteiger partial charge on any atom is -0.464 e. The van der Waals surface area contributed by atoms with Gasteiger partial charge in [-0.3, -0.25) is 9.59 Å². The molecule has 0 radical (unpaired) electrons. The van der Waals surface area contributed by atoms with Crippen molar-refractivity contribution < 1.29 is 22.4 Å². The van der Waals surface area contributed by atoms with Crippen molar-refractivity contribution in [1.82, 2.24) is 5.32 Å². The van der Waals surface area contributed by atoms with Crippen molar-refractivity contribution in [2.45, 2.75) is 36.6 Å². The summed E-state index contributed by atoms with van der Waals surface area (Å²) in [6.45, 7) is 1.87. The number of benzene rings is 3. The molecule has 7 nitrogen and oxygen atoms in total. The van der Waals surface area contributed by atoms with Gasteiger partial charge in [0.15, 0.2) is 9.84 Å². The summed E-state index contributed by atoms with van der Waals surface area (Å²) >= 11 is 0. The fraction of sp³-hybridized carbons (Fsp3) is 0.214. The van der Waals surface area contributed by atoms with E-state index in [1.54, 1.807) is 36.6 Å². The zero-order chi connectivity index (χ0) is 25.3. The van der Waals surface area contributed by atoms with Gasteiger partial charge in [0.1, 0.15) is 11.3 Å². The van der Waals surface area contributed by atoms with Crippen LogP contribution in [-0.4, -0.2) is 26.0 Å². The summed E-state index contributed by atoms with van der Waals surface area (Å²) in [4.78, 5) is 25.7. The lowest BCUT2D eigenvalue weighted by Crippen LogP contribution is -2.50. The van der Waals surface area contributed by atoms with Crippen LogP contribution in [0.2, 0.25) is 0 Å². The van der Waals surface area contributed by atoms with Gasteiger partial charge < -0.3 is 15.1 Å². The topological polar surface area (TPSA) is 105 Å². The molecule has 5 rings (SSSR count). The molecule has 0 unspecified atom stereocenters. The van der Waals surface area contributed by atoms with E-state index in [0.29, 0.717) is 16.8 Å². The number of fused-ring (bicyclic) bond motifs is 1. The number of furan rings is 1. The maximum Gasteiger partial charge on any atom is 0.255 e. The van der Waals surface area contributed by atoms with Crippen molar-refractivity contribution in [1.29, 1.82) is 0 Å². The van der Waals surface area contributed by atoms with E-state index in [9.17, 15) is 18.0 Å². The van der Waals surface area contributed by atoms with Gasteiger partial charge in [-0.25, -0.2) is 8.42 Å².